The van der Waals surface area contributed by atoms with Crippen LogP contribution in [0.25, 0.3) is 0 Å². The van der Waals surface area contributed by atoms with Gasteiger partial charge in [0, 0.05) is 6.61 Å². The summed E-state index contributed by atoms with van der Waals surface area (Å²) >= 11 is 0. The molecule has 0 aromatic carbocycles. The van der Waals surface area contributed by atoms with Gasteiger partial charge < -0.3 is 10.8 Å². The van der Waals surface area contributed by atoms with Crippen LogP contribution in [0.5, 0.6) is 0 Å². The third kappa shape index (κ3) is 0.740. The summed E-state index contributed by atoms with van der Waals surface area (Å²) in [4.78, 5) is 0. The molecule has 8 heavy (non-hydrogen) atoms. The highest BCUT2D eigenvalue weighted by Gasteiger charge is 2.47. The maximum Gasteiger partial charge on any atom is 0.0465 e. The van der Waals surface area contributed by atoms with E-state index >= 15 is 0 Å². The molecule has 48 valence electrons. The highest BCUT2D eigenvalue weighted by Crippen LogP contribution is 2.50. The highest BCUT2D eigenvalue weighted by atomic mass is 16.3. The van der Waals surface area contributed by atoms with Gasteiger partial charge in [-0.15, -0.1) is 0 Å². The summed E-state index contributed by atoms with van der Waals surface area (Å²) in [6.45, 7) is 3.15. The zero-order valence-corrected chi connectivity index (χ0v) is 5.22. The standard InChI is InChI=1S/C6H13NO/c1-6(4-7)2-5(6)3-8/h5,8H,2-4,7H2,1H3/t5-,6+/m1/s1. The monoisotopic (exact) mass is 115 g/mol. The van der Waals surface area contributed by atoms with Gasteiger partial charge in [0.25, 0.3) is 0 Å². The molecule has 0 aliphatic heterocycles. The Bertz CT molecular complexity index is 94.5. The summed E-state index contributed by atoms with van der Waals surface area (Å²) in [6, 6.07) is 0. The number of hydrogen-bond acceptors (Lipinski definition) is 2. The molecule has 2 nitrogen and oxygen atoms in total. The third-order valence-electron chi connectivity index (χ3n) is 2.22. The van der Waals surface area contributed by atoms with Crippen molar-refractivity contribution in [1.82, 2.24) is 0 Å². The van der Waals surface area contributed by atoms with Gasteiger partial charge in [0.05, 0.1) is 0 Å². The Morgan fingerprint density at radius 1 is 1.88 bits per heavy atom. The molecule has 0 heterocycles. The van der Waals surface area contributed by atoms with E-state index in [1.807, 2.05) is 0 Å². The first-order valence-electron chi connectivity index (χ1n) is 3.04. The molecular weight excluding hydrogens is 102 g/mol. The van der Waals surface area contributed by atoms with Crippen LogP contribution in [-0.4, -0.2) is 18.3 Å². The van der Waals surface area contributed by atoms with Gasteiger partial charge >= 0.3 is 0 Å². The van der Waals surface area contributed by atoms with Crippen LogP contribution in [0.4, 0.5) is 0 Å². The third-order valence-corrected chi connectivity index (χ3v) is 2.22. The van der Waals surface area contributed by atoms with Crippen molar-refractivity contribution in [2.24, 2.45) is 17.1 Å². The first-order chi connectivity index (χ1) is 3.73. The molecule has 0 spiro atoms. The van der Waals surface area contributed by atoms with E-state index in [1.165, 1.54) is 0 Å². The largest absolute Gasteiger partial charge is 0.396 e. The fourth-order valence-corrected chi connectivity index (χ4v) is 1.04. The second-order valence-corrected chi connectivity index (χ2v) is 2.94. The predicted octanol–water partition coefficient (Wildman–Crippen LogP) is -0.0364. The van der Waals surface area contributed by atoms with Gasteiger partial charge in [-0.2, -0.15) is 0 Å². The van der Waals surface area contributed by atoms with Gasteiger partial charge in [-0.25, -0.2) is 0 Å². The summed E-state index contributed by atoms with van der Waals surface area (Å²) in [6.07, 6.45) is 1.11. The lowest BCUT2D eigenvalue weighted by Gasteiger charge is -2.02. The minimum absolute atomic E-state index is 0.286. The van der Waals surface area contributed by atoms with E-state index in [-0.39, 0.29) is 5.41 Å². The summed E-state index contributed by atoms with van der Waals surface area (Å²) in [5, 5.41) is 8.62. The Balaban J connectivity index is 2.31. The van der Waals surface area contributed by atoms with Crippen molar-refractivity contribution < 1.29 is 5.11 Å². The summed E-state index contributed by atoms with van der Waals surface area (Å²) < 4.78 is 0. The van der Waals surface area contributed by atoms with Gasteiger partial charge in [0.2, 0.25) is 0 Å². The molecule has 2 heteroatoms. The van der Waals surface area contributed by atoms with Crippen LogP contribution in [0.1, 0.15) is 13.3 Å². The van der Waals surface area contributed by atoms with Gasteiger partial charge in [-0.1, -0.05) is 6.92 Å². The number of aliphatic hydroxyl groups excluding tert-OH is 1. The fourth-order valence-electron chi connectivity index (χ4n) is 1.04. The van der Waals surface area contributed by atoms with Crippen LogP contribution in [0.3, 0.4) is 0 Å². The van der Waals surface area contributed by atoms with Crippen molar-refractivity contribution in [3.63, 3.8) is 0 Å². The van der Waals surface area contributed by atoms with Crippen LogP contribution in [0.2, 0.25) is 0 Å². The molecule has 1 aliphatic rings. The normalized spacial score (nSPS) is 44.6. The lowest BCUT2D eigenvalue weighted by atomic mass is 10.1. The zero-order valence-electron chi connectivity index (χ0n) is 5.22. The van der Waals surface area contributed by atoms with E-state index in [2.05, 4.69) is 6.92 Å². The number of aliphatic hydroxyl groups is 1. The molecule has 0 unspecified atom stereocenters. The molecule has 0 radical (unpaired) electrons. The molecule has 0 aromatic heterocycles. The van der Waals surface area contributed by atoms with Crippen LogP contribution in [-0.2, 0) is 0 Å². The van der Waals surface area contributed by atoms with Crippen LogP contribution in [0.15, 0.2) is 0 Å². The first kappa shape index (κ1) is 6.05. The van der Waals surface area contributed by atoms with E-state index in [9.17, 15) is 0 Å². The van der Waals surface area contributed by atoms with Crippen molar-refractivity contribution in [1.29, 1.82) is 0 Å². The Kier molecular flexibility index (Phi) is 1.29. The van der Waals surface area contributed by atoms with Gasteiger partial charge in [-0.3, -0.25) is 0 Å². The second kappa shape index (κ2) is 1.71. The van der Waals surface area contributed by atoms with E-state index in [4.69, 9.17) is 10.8 Å². The topological polar surface area (TPSA) is 46.2 Å². The minimum atomic E-state index is 0.286. The van der Waals surface area contributed by atoms with Crippen LogP contribution < -0.4 is 5.73 Å². The molecule has 1 rings (SSSR count). The average Bonchev–Trinajstić information content (AvgIpc) is 2.44. The molecule has 3 N–H and O–H groups in total. The fraction of sp³-hybridized carbons (Fsp3) is 1.00. The van der Waals surface area contributed by atoms with Gasteiger partial charge in [0.1, 0.15) is 0 Å². The molecule has 1 aliphatic carbocycles. The van der Waals surface area contributed by atoms with E-state index in [0.29, 0.717) is 12.5 Å². The van der Waals surface area contributed by atoms with Crippen LogP contribution in [0, 0.1) is 11.3 Å². The SMILES string of the molecule is C[C@@]1(CN)C[C@@H]1CO. The van der Waals surface area contributed by atoms with Crippen molar-refractivity contribution >= 4 is 0 Å². The van der Waals surface area contributed by atoms with Crippen molar-refractivity contribution in [3.05, 3.63) is 0 Å². The quantitative estimate of drug-likeness (QED) is 0.530. The zero-order chi connectivity index (χ0) is 6.20. The summed E-state index contributed by atoms with van der Waals surface area (Å²) in [5.41, 5.74) is 5.71. The Labute approximate surface area is 49.7 Å². The van der Waals surface area contributed by atoms with E-state index in [0.717, 1.165) is 13.0 Å². The predicted molar refractivity (Wildman–Crippen MR) is 32.4 cm³/mol. The molecule has 2 atom stereocenters. The molecular formula is C6H13NO. The minimum Gasteiger partial charge on any atom is -0.396 e. The van der Waals surface area contributed by atoms with E-state index < -0.39 is 0 Å². The number of nitrogens with two attached hydrogens (primary N) is 1. The molecule has 0 amide bonds. The maximum absolute atomic E-state index is 8.62. The van der Waals surface area contributed by atoms with E-state index in [1.54, 1.807) is 0 Å². The van der Waals surface area contributed by atoms with Gasteiger partial charge in [0.15, 0.2) is 0 Å². The Morgan fingerprint density at radius 3 is 2.62 bits per heavy atom. The number of hydrogen-bond donors (Lipinski definition) is 2. The lowest BCUT2D eigenvalue weighted by molar-refractivity contribution is 0.255. The smallest absolute Gasteiger partial charge is 0.0465 e. The lowest BCUT2D eigenvalue weighted by Crippen LogP contribution is -2.14. The molecule has 1 saturated carbocycles. The van der Waals surface area contributed by atoms with Crippen LogP contribution >= 0.6 is 0 Å². The molecule has 0 aromatic rings. The average molecular weight is 115 g/mol. The molecule has 0 bridgehead atoms. The summed E-state index contributed by atoms with van der Waals surface area (Å²) in [5.74, 6) is 0.493. The maximum atomic E-state index is 8.62. The Hall–Kier alpha value is -0.0800. The van der Waals surface area contributed by atoms with Crippen molar-refractivity contribution in [2.45, 2.75) is 13.3 Å². The second-order valence-electron chi connectivity index (χ2n) is 2.94. The highest BCUT2D eigenvalue weighted by molar-refractivity contribution is 4.98. The number of rotatable bonds is 2. The van der Waals surface area contributed by atoms with Crippen molar-refractivity contribution in [2.75, 3.05) is 13.2 Å². The molecule has 0 saturated heterocycles. The Morgan fingerprint density at radius 2 is 2.50 bits per heavy atom. The first-order valence-corrected chi connectivity index (χ1v) is 3.04. The van der Waals surface area contributed by atoms with Crippen molar-refractivity contribution in [3.8, 4) is 0 Å². The van der Waals surface area contributed by atoms with Gasteiger partial charge in [-0.05, 0) is 24.3 Å². The summed E-state index contributed by atoms with van der Waals surface area (Å²) in [7, 11) is 0. The molecule has 1 fully saturated rings.